The van der Waals surface area contributed by atoms with E-state index in [4.69, 9.17) is 5.73 Å². The number of thiazole rings is 1. The van der Waals surface area contributed by atoms with Gasteiger partial charge in [-0.2, -0.15) is 0 Å². The van der Waals surface area contributed by atoms with Crippen molar-refractivity contribution in [3.63, 3.8) is 0 Å². The van der Waals surface area contributed by atoms with Crippen molar-refractivity contribution in [2.24, 2.45) is 5.73 Å². The predicted molar refractivity (Wildman–Crippen MR) is 86.2 cm³/mol. The van der Waals surface area contributed by atoms with Gasteiger partial charge in [-0.15, -0.1) is 11.3 Å². The van der Waals surface area contributed by atoms with E-state index in [0.717, 1.165) is 29.1 Å². The first kappa shape index (κ1) is 13.9. The molecule has 2 heterocycles. The van der Waals surface area contributed by atoms with Crippen LogP contribution in [0.25, 0.3) is 0 Å². The molecule has 0 saturated carbocycles. The standard InChI is InChI=1S/C17H17N3S/c18-16(14-6-2-1-3-7-14)10-15-12-21-17(20-15)9-13-5-4-8-19-11-13/h1-8,11-12,16H,9-10,18H2. The van der Waals surface area contributed by atoms with E-state index in [0.29, 0.717) is 0 Å². The minimum Gasteiger partial charge on any atom is -0.324 e. The van der Waals surface area contributed by atoms with E-state index in [2.05, 4.69) is 33.5 Å². The van der Waals surface area contributed by atoms with Gasteiger partial charge < -0.3 is 5.73 Å². The van der Waals surface area contributed by atoms with Gasteiger partial charge >= 0.3 is 0 Å². The third kappa shape index (κ3) is 3.74. The van der Waals surface area contributed by atoms with Crippen LogP contribution < -0.4 is 5.73 Å². The Labute approximate surface area is 128 Å². The van der Waals surface area contributed by atoms with Gasteiger partial charge in [-0.05, 0) is 17.2 Å². The number of nitrogens with zero attached hydrogens (tertiary/aromatic N) is 2. The molecule has 0 saturated heterocycles. The second kappa shape index (κ2) is 6.61. The highest BCUT2D eigenvalue weighted by Gasteiger charge is 2.10. The molecular formula is C17H17N3S. The molecule has 0 radical (unpaired) electrons. The zero-order chi connectivity index (χ0) is 14.5. The summed E-state index contributed by atoms with van der Waals surface area (Å²) in [6.07, 6.45) is 5.28. The Hall–Kier alpha value is -2.04. The Morgan fingerprint density at radius 3 is 2.71 bits per heavy atom. The molecule has 0 aliphatic carbocycles. The number of pyridine rings is 1. The predicted octanol–water partition coefficient (Wildman–Crippen LogP) is 3.37. The van der Waals surface area contributed by atoms with Crippen molar-refractivity contribution < 1.29 is 0 Å². The lowest BCUT2D eigenvalue weighted by Gasteiger charge is -2.09. The maximum absolute atomic E-state index is 6.24. The quantitative estimate of drug-likeness (QED) is 0.785. The van der Waals surface area contributed by atoms with Gasteiger partial charge in [0.1, 0.15) is 0 Å². The average molecular weight is 295 g/mol. The van der Waals surface area contributed by atoms with Crippen LogP contribution in [-0.4, -0.2) is 9.97 Å². The molecule has 0 spiro atoms. The normalized spacial score (nSPS) is 12.2. The molecule has 0 amide bonds. The summed E-state index contributed by atoms with van der Waals surface area (Å²) in [7, 11) is 0. The smallest absolute Gasteiger partial charge is 0.0972 e. The van der Waals surface area contributed by atoms with Gasteiger partial charge in [-0.1, -0.05) is 36.4 Å². The molecule has 0 aliphatic heterocycles. The minimum absolute atomic E-state index is 0.000424. The SMILES string of the molecule is NC(Cc1csc(Cc2cccnc2)n1)c1ccccc1. The maximum atomic E-state index is 6.24. The van der Waals surface area contributed by atoms with Crippen molar-refractivity contribution in [3.05, 3.63) is 82.1 Å². The van der Waals surface area contributed by atoms with Gasteiger partial charge in [0.15, 0.2) is 0 Å². The second-order valence-electron chi connectivity index (χ2n) is 4.99. The van der Waals surface area contributed by atoms with Gasteiger partial charge in [0.25, 0.3) is 0 Å². The molecule has 0 bridgehead atoms. The molecule has 1 aromatic carbocycles. The van der Waals surface area contributed by atoms with Crippen LogP contribution in [-0.2, 0) is 12.8 Å². The maximum Gasteiger partial charge on any atom is 0.0972 e. The van der Waals surface area contributed by atoms with Crippen LogP contribution in [0.4, 0.5) is 0 Å². The molecule has 2 aromatic heterocycles. The summed E-state index contributed by atoms with van der Waals surface area (Å²) in [5.74, 6) is 0. The fourth-order valence-electron chi connectivity index (χ4n) is 2.24. The fraction of sp³-hybridized carbons (Fsp3) is 0.176. The number of benzene rings is 1. The van der Waals surface area contributed by atoms with Crippen molar-refractivity contribution in [1.82, 2.24) is 9.97 Å². The molecule has 4 heteroatoms. The molecule has 3 nitrogen and oxygen atoms in total. The summed E-state index contributed by atoms with van der Waals surface area (Å²) < 4.78 is 0. The summed E-state index contributed by atoms with van der Waals surface area (Å²) in [6, 6.07) is 14.2. The molecular weight excluding hydrogens is 278 g/mol. The van der Waals surface area contributed by atoms with E-state index in [9.17, 15) is 0 Å². The molecule has 21 heavy (non-hydrogen) atoms. The third-order valence-electron chi connectivity index (χ3n) is 3.33. The summed E-state index contributed by atoms with van der Waals surface area (Å²) in [5.41, 5.74) is 9.65. The topological polar surface area (TPSA) is 51.8 Å². The largest absolute Gasteiger partial charge is 0.324 e. The van der Waals surface area contributed by atoms with Crippen LogP contribution >= 0.6 is 11.3 Å². The Bertz CT molecular complexity index is 680. The Morgan fingerprint density at radius 2 is 1.95 bits per heavy atom. The number of rotatable bonds is 5. The van der Waals surface area contributed by atoms with Crippen molar-refractivity contribution in [1.29, 1.82) is 0 Å². The third-order valence-corrected chi connectivity index (χ3v) is 4.23. The lowest BCUT2D eigenvalue weighted by molar-refractivity contribution is 0.708. The first-order valence-electron chi connectivity index (χ1n) is 6.94. The first-order valence-corrected chi connectivity index (χ1v) is 7.82. The van der Waals surface area contributed by atoms with Crippen LogP contribution in [0.1, 0.15) is 27.9 Å². The highest BCUT2D eigenvalue weighted by atomic mass is 32.1. The van der Waals surface area contributed by atoms with Crippen LogP contribution in [0, 0.1) is 0 Å². The fourth-order valence-corrected chi connectivity index (χ4v) is 3.09. The summed E-state index contributed by atoms with van der Waals surface area (Å²) in [6.45, 7) is 0. The summed E-state index contributed by atoms with van der Waals surface area (Å²) >= 11 is 1.69. The number of hydrogen-bond acceptors (Lipinski definition) is 4. The lowest BCUT2D eigenvalue weighted by Crippen LogP contribution is -2.13. The van der Waals surface area contributed by atoms with Crippen LogP contribution in [0.2, 0.25) is 0 Å². The van der Waals surface area contributed by atoms with E-state index >= 15 is 0 Å². The van der Waals surface area contributed by atoms with Gasteiger partial charge in [-0.25, -0.2) is 4.98 Å². The van der Waals surface area contributed by atoms with Gasteiger partial charge in [-0.3, -0.25) is 4.98 Å². The van der Waals surface area contributed by atoms with Crippen molar-refractivity contribution in [2.75, 3.05) is 0 Å². The van der Waals surface area contributed by atoms with E-state index in [1.54, 1.807) is 17.5 Å². The van der Waals surface area contributed by atoms with Gasteiger partial charge in [0.2, 0.25) is 0 Å². The van der Waals surface area contributed by atoms with Crippen molar-refractivity contribution in [3.8, 4) is 0 Å². The Kier molecular flexibility index (Phi) is 4.38. The van der Waals surface area contributed by atoms with Crippen molar-refractivity contribution >= 4 is 11.3 Å². The molecule has 1 atom stereocenters. The molecule has 3 rings (SSSR count). The summed E-state index contributed by atoms with van der Waals surface area (Å²) in [5, 5.41) is 3.22. The zero-order valence-electron chi connectivity index (χ0n) is 11.6. The van der Waals surface area contributed by atoms with E-state index in [1.807, 2.05) is 30.5 Å². The lowest BCUT2D eigenvalue weighted by atomic mass is 10.0. The molecule has 3 aromatic rings. The highest BCUT2D eigenvalue weighted by molar-refractivity contribution is 7.09. The van der Waals surface area contributed by atoms with Gasteiger partial charge in [0.05, 0.1) is 10.7 Å². The summed E-state index contributed by atoms with van der Waals surface area (Å²) in [4.78, 5) is 8.81. The number of nitrogens with two attached hydrogens (primary N) is 1. The molecule has 0 fully saturated rings. The van der Waals surface area contributed by atoms with Crippen molar-refractivity contribution in [2.45, 2.75) is 18.9 Å². The minimum atomic E-state index is -0.000424. The van der Waals surface area contributed by atoms with Crippen LogP contribution in [0.3, 0.4) is 0 Å². The molecule has 0 aliphatic rings. The number of aromatic nitrogens is 2. The van der Waals surface area contributed by atoms with Crippen LogP contribution in [0.15, 0.2) is 60.2 Å². The monoisotopic (exact) mass is 295 g/mol. The first-order chi connectivity index (χ1) is 10.3. The molecule has 2 N–H and O–H groups in total. The Morgan fingerprint density at radius 1 is 1.10 bits per heavy atom. The Balaban J connectivity index is 1.65. The van der Waals surface area contributed by atoms with E-state index < -0.39 is 0 Å². The van der Waals surface area contributed by atoms with E-state index in [1.165, 1.54) is 5.56 Å². The number of hydrogen-bond donors (Lipinski definition) is 1. The van der Waals surface area contributed by atoms with Crippen LogP contribution in [0.5, 0.6) is 0 Å². The second-order valence-corrected chi connectivity index (χ2v) is 5.93. The highest BCUT2D eigenvalue weighted by Crippen LogP contribution is 2.19. The zero-order valence-corrected chi connectivity index (χ0v) is 12.5. The molecule has 106 valence electrons. The average Bonchev–Trinajstić information content (AvgIpc) is 2.96. The molecule has 1 unspecified atom stereocenters. The van der Waals surface area contributed by atoms with E-state index in [-0.39, 0.29) is 6.04 Å². The van der Waals surface area contributed by atoms with Gasteiger partial charge in [0, 0.05) is 36.7 Å².